The van der Waals surface area contributed by atoms with Gasteiger partial charge in [0.05, 0.1) is 0 Å². The Bertz CT molecular complexity index is 896. The Balaban J connectivity index is 2.07. The largest absolute Gasteiger partial charge is 0.473 e. The summed E-state index contributed by atoms with van der Waals surface area (Å²) in [6, 6.07) is 34.0. The van der Waals surface area contributed by atoms with Crippen molar-refractivity contribution in [2.45, 2.75) is 52.6 Å². The Labute approximate surface area is 210 Å². The fourth-order valence-corrected chi connectivity index (χ4v) is 20.3. The molecule has 0 aliphatic carbocycles. The monoisotopic (exact) mass is 523 g/mol. The Morgan fingerprint density at radius 1 is 0.500 bits per heavy atom. The van der Waals surface area contributed by atoms with Crippen LogP contribution in [0.1, 0.15) is 13.3 Å². The van der Waals surface area contributed by atoms with E-state index in [4.69, 9.17) is 12.3 Å². The van der Waals surface area contributed by atoms with Crippen LogP contribution in [0.2, 0.25) is 39.3 Å². The van der Waals surface area contributed by atoms with Crippen LogP contribution < -0.4 is 15.6 Å². The zero-order valence-electron chi connectivity index (χ0n) is 21.7. The van der Waals surface area contributed by atoms with Crippen LogP contribution in [-0.4, -0.2) is 33.8 Å². The van der Waals surface area contributed by atoms with Gasteiger partial charge in [-0.15, -0.1) is 0 Å². The molecule has 0 aliphatic rings. The highest BCUT2D eigenvalue weighted by Crippen LogP contribution is 2.29. The molecule has 7 heteroatoms. The van der Waals surface area contributed by atoms with Gasteiger partial charge < -0.3 is 12.3 Å². The predicted octanol–water partition coefficient (Wildman–Crippen LogP) is 5.47. The molecular weight excluding hydrogens is 485 g/mol. The first kappa shape index (κ1) is 27.0. The van der Waals surface area contributed by atoms with Crippen LogP contribution in [0.15, 0.2) is 91.0 Å². The fraction of sp³-hybridized carbons (Fsp3) is 0.296. The summed E-state index contributed by atoms with van der Waals surface area (Å²) in [6.07, 6.45) is 0.837. The van der Waals surface area contributed by atoms with Crippen LogP contribution in [0.25, 0.3) is 0 Å². The van der Waals surface area contributed by atoms with Crippen LogP contribution in [0.4, 0.5) is 0 Å². The molecule has 0 saturated heterocycles. The second-order valence-electron chi connectivity index (χ2n) is 10.2. The highest BCUT2D eigenvalue weighted by Gasteiger charge is 2.53. The normalized spacial score (nSPS) is 13.1. The zero-order chi connectivity index (χ0) is 24.9. The first-order valence-electron chi connectivity index (χ1n) is 12.1. The molecule has 0 spiro atoms. The van der Waals surface area contributed by atoms with E-state index in [2.05, 4.69) is 143 Å². The highest BCUT2D eigenvalue weighted by atomic mass is 28.5. The van der Waals surface area contributed by atoms with E-state index in [1.165, 1.54) is 15.6 Å². The van der Waals surface area contributed by atoms with Crippen molar-refractivity contribution in [3.63, 3.8) is 0 Å². The van der Waals surface area contributed by atoms with Gasteiger partial charge in [0.15, 0.2) is 0 Å². The first-order valence-corrected chi connectivity index (χ1v) is 22.6. The molecule has 3 aromatic rings. The van der Waals surface area contributed by atoms with Crippen molar-refractivity contribution in [3.05, 3.63) is 97.0 Å². The lowest BCUT2D eigenvalue weighted by Gasteiger charge is -2.45. The van der Waals surface area contributed by atoms with E-state index in [9.17, 15) is 0 Å². The summed E-state index contributed by atoms with van der Waals surface area (Å²) in [6.45, 7) is 15.7. The third-order valence-electron chi connectivity index (χ3n) is 6.05. The summed E-state index contributed by atoms with van der Waals surface area (Å²) in [4.78, 5) is 0. The molecule has 0 atom stereocenters. The van der Waals surface area contributed by atoms with Gasteiger partial charge in [-0.2, -0.15) is 0 Å². The smallest absolute Gasteiger partial charge is 0.412 e. The average Bonchev–Trinajstić information content (AvgIpc) is 2.80. The van der Waals surface area contributed by atoms with E-state index >= 15 is 0 Å². The Morgan fingerprint density at radius 3 is 1.00 bits per heavy atom. The third-order valence-corrected chi connectivity index (χ3v) is 21.7. The van der Waals surface area contributed by atoms with Gasteiger partial charge in [0.1, 0.15) is 0 Å². The molecule has 0 saturated carbocycles. The second kappa shape index (κ2) is 11.0. The molecule has 0 heterocycles. The maximum atomic E-state index is 7.21. The van der Waals surface area contributed by atoms with Crippen LogP contribution in [0.3, 0.4) is 0 Å². The van der Waals surface area contributed by atoms with Gasteiger partial charge in [0, 0.05) is 6.04 Å². The molecule has 0 aromatic heterocycles. The Morgan fingerprint density at radius 2 is 0.765 bits per heavy atom. The van der Waals surface area contributed by atoms with Crippen molar-refractivity contribution in [3.8, 4) is 0 Å². The van der Waals surface area contributed by atoms with Crippen LogP contribution in [0, 0.1) is 6.04 Å². The lowest BCUT2D eigenvalue weighted by atomic mass is 10.4. The van der Waals surface area contributed by atoms with Gasteiger partial charge >= 0.3 is 8.80 Å². The number of hydrogen-bond donors (Lipinski definition) is 0. The van der Waals surface area contributed by atoms with Gasteiger partial charge in [0.25, 0.3) is 0 Å². The Kier molecular flexibility index (Phi) is 8.73. The van der Waals surface area contributed by atoms with Crippen LogP contribution in [-0.2, 0) is 12.3 Å². The summed E-state index contributed by atoms with van der Waals surface area (Å²) in [5.41, 5.74) is 0. The third kappa shape index (κ3) is 6.75. The standard InChI is InChI=1S/C27H39O3Si4/c1-8-24-34(28-31(2,3)25-18-12-9-13-19-25,29-32(4,5)26-20-14-10-15-21-26)30-33(6,7)27-22-16-11-17-23-27/h9-24H,8H2,1-7H3. The SMILES string of the molecule is CC[CH][Si](O[Si](C)(C)c1ccccc1)(O[Si](C)(C)c1ccccc1)O[Si](C)(C)c1ccccc1. The van der Waals surface area contributed by atoms with E-state index < -0.39 is 33.8 Å². The highest BCUT2D eigenvalue weighted by molar-refractivity contribution is 6.99. The lowest BCUT2D eigenvalue weighted by molar-refractivity contribution is 0.267. The van der Waals surface area contributed by atoms with E-state index in [0.717, 1.165) is 6.42 Å². The first-order chi connectivity index (χ1) is 16.0. The second-order valence-corrected chi connectivity index (χ2v) is 25.0. The minimum atomic E-state index is -3.19. The van der Waals surface area contributed by atoms with Crippen molar-refractivity contribution in [1.82, 2.24) is 0 Å². The van der Waals surface area contributed by atoms with Crippen molar-refractivity contribution in [2.24, 2.45) is 0 Å². The van der Waals surface area contributed by atoms with E-state index in [-0.39, 0.29) is 0 Å². The molecule has 0 amide bonds. The summed E-state index contributed by atoms with van der Waals surface area (Å²) in [5.74, 6) is 0. The molecule has 0 fully saturated rings. The molecule has 3 nitrogen and oxygen atoms in total. The molecule has 0 unspecified atom stereocenters. The molecule has 0 aliphatic heterocycles. The summed E-state index contributed by atoms with van der Waals surface area (Å²) in [5, 5.41) is 3.76. The molecular formula is C27H39O3Si4. The average molecular weight is 524 g/mol. The summed E-state index contributed by atoms with van der Waals surface area (Å²) >= 11 is 0. The summed E-state index contributed by atoms with van der Waals surface area (Å²) in [7, 11) is -10.2. The van der Waals surface area contributed by atoms with Gasteiger partial charge in [-0.3, -0.25) is 0 Å². The number of hydrogen-bond acceptors (Lipinski definition) is 3. The Hall–Kier alpha value is -1.59. The quantitative estimate of drug-likeness (QED) is 0.312. The van der Waals surface area contributed by atoms with Crippen molar-refractivity contribution in [1.29, 1.82) is 0 Å². The minimum Gasteiger partial charge on any atom is -0.412 e. The predicted molar refractivity (Wildman–Crippen MR) is 154 cm³/mol. The molecule has 0 bridgehead atoms. The molecule has 1 radical (unpaired) electrons. The van der Waals surface area contributed by atoms with E-state index in [1.807, 2.05) is 0 Å². The van der Waals surface area contributed by atoms with Crippen molar-refractivity contribution >= 4 is 49.3 Å². The topological polar surface area (TPSA) is 27.7 Å². The minimum absolute atomic E-state index is 0.837. The van der Waals surface area contributed by atoms with Gasteiger partial charge in [-0.05, 0) is 61.3 Å². The molecule has 3 rings (SSSR count). The maximum Gasteiger partial charge on any atom is 0.473 e. The van der Waals surface area contributed by atoms with Gasteiger partial charge in [-0.1, -0.05) is 97.9 Å². The van der Waals surface area contributed by atoms with Crippen LogP contribution in [0.5, 0.6) is 0 Å². The molecule has 34 heavy (non-hydrogen) atoms. The fourth-order valence-electron chi connectivity index (χ4n) is 4.20. The van der Waals surface area contributed by atoms with Gasteiger partial charge in [-0.25, -0.2) is 0 Å². The van der Waals surface area contributed by atoms with Crippen LogP contribution >= 0.6 is 0 Å². The summed E-state index contributed by atoms with van der Waals surface area (Å²) < 4.78 is 21.6. The van der Waals surface area contributed by atoms with Crippen molar-refractivity contribution in [2.75, 3.05) is 0 Å². The van der Waals surface area contributed by atoms with E-state index in [0.29, 0.717) is 0 Å². The van der Waals surface area contributed by atoms with Crippen molar-refractivity contribution < 1.29 is 12.3 Å². The zero-order valence-corrected chi connectivity index (χ0v) is 25.7. The van der Waals surface area contributed by atoms with Gasteiger partial charge in [0.2, 0.25) is 25.0 Å². The molecule has 0 N–H and O–H groups in total. The lowest BCUT2D eigenvalue weighted by Crippen LogP contribution is -2.68. The number of benzene rings is 3. The number of rotatable bonds is 11. The molecule has 181 valence electrons. The maximum absolute atomic E-state index is 7.21. The molecule has 3 aromatic carbocycles. The van der Waals surface area contributed by atoms with E-state index in [1.54, 1.807) is 0 Å².